The van der Waals surface area contributed by atoms with Crippen molar-refractivity contribution >= 4 is 17.9 Å². The molecule has 0 aromatic rings. The first kappa shape index (κ1) is 17.5. The number of urea groups is 1. The van der Waals surface area contributed by atoms with Gasteiger partial charge in [0.2, 0.25) is 5.91 Å². The number of aliphatic carboxylic acids is 1. The van der Waals surface area contributed by atoms with Gasteiger partial charge in [-0.15, -0.1) is 0 Å². The molecule has 0 aromatic carbocycles. The summed E-state index contributed by atoms with van der Waals surface area (Å²) >= 11 is 0. The molecule has 1 aliphatic heterocycles. The van der Waals surface area contributed by atoms with Crippen molar-refractivity contribution in [2.45, 2.75) is 52.9 Å². The molecule has 3 amide bonds. The van der Waals surface area contributed by atoms with E-state index in [0.717, 1.165) is 19.3 Å². The molecule has 0 bridgehead atoms. The Labute approximate surface area is 125 Å². The molecule has 1 aliphatic rings. The standard InChI is InChI=1S/C15H26N2O4/c1-11-5-4-7-17(8-6-11)14(21)16-12(18)9-15(2,3)10-13(19)20/h11H,4-10H2,1-3H3,(H,19,20)(H,16,18,21). The summed E-state index contributed by atoms with van der Waals surface area (Å²) in [6.07, 6.45) is 2.92. The molecule has 0 saturated carbocycles. The van der Waals surface area contributed by atoms with Crippen LogP contribution in [0.4, 0.5) is 4.79 Å². The van der Waals surface area contributed by atoms with E-state index < -0.39 is 17.3 Å². The van der Waals surface area contributed by atoms with Crippen molar-refractivity contribution in [3.63, 3.8) is 0 Å². The number of carbonyl (C=O) groups is 3. The van der Waals surface area contributed by atoms with Crippen LogP contribution < -0.4 is 5.32 Å². The number of carbonyl (C=O) groups excluding carboxylic acids is 2. The van der Waals surface area contributed by atoms with Gasteiger partial charge in [0.15, 0.2) is 0 Å². The first-order valence-electron chi connectivity index (χ1n) is 7.50. The Hall–Kier alpha value is -1.59. The third-order valence-electron chi connectivity index (χ3n) is 3.82. The molecule has 1 heterocycles. The summed E-state index contributed by atoms with van der Waals surface area (Å²) in [4.78, 5) is 36.3. The van der Waals surface area contributed by atoms with Crippen LogP contribution in [0.2, 0.25) is 0 Å². The Kier molecular flexibility index (Phi) is 6.18. The minimum Gasteiger partial charge on any atom is -0.481 e. The second kappa shape index (κ2) is 7.43. The van der Waals surface area contributed by atoms with Gasteiger partial charge in [0.25, 0.3) is 0 Å². The van der Waals surface area contributed by atoms with Crippen molar-refractivity contribution in [2.75, 3.05) is 13.1 Å². The maximum Gasteiger partial charge on any atom is 0.324 e. The van der Waals surface area contributed by atoms with Gasteiger partial charge in [-0.2, -0.15) is 0 Å². The molecule has 0 aliphatic carbocycles. The van der Waals surface area contributed by atoms with Crippen LogP contribution in [0.5, 0.6) is 0 Å². The molecule has 0 radical (unpaired) electrons. The fourth-order valence-corrected chi connectivity index (χ4v) is 2.62. The zero-order valence-electron chi connectivity index (χ0n) is 13.1. The minimum absolute atomic E-state index is 0.0231. The highest BCUT2D eigenvalue weighted by atomic mass is 16.4. The lowest BCUT2D eigenvalue weighted by atomic mass is 9.85. The molecule has 1 saturated heterocycles. The van der Waals surface area contributed by atoms with E-state index in [0.29, 0.717) is 19.0 Å². The first-order valence-corrected chi connectivity index (χ1v) is 7.50. The Bertz CT molecular complexity index is 406. The van der Waals surface area contributed by atoms with E-state index in [1.165, 1.54) is 0 Å². The van der Waals surface area contributed by atoms with E-state index >= 15 is 0 Å². The Morgan fingerprint density at radius 2 is 1.86 bits per heavy atom. The van der Waals surface area contributed by atoms with Gasteiger partial charge in [-0.25, -0.2) is 4.79 Å². The van der Waals surface area contributed by atoms with Crippen LogP contribution in [0, 0.1) is 11.3 Å². The van der Waals surface area contributed by atoms with Crippen LogP contribution in [0.15, 0.2) is 0 Å². The van der Waals surface area contributed by atoms with Crippen LogP contribution in [-0.4, -0.2) is 41.0 Å². The van der Waals surface area contributed by atoms with Crippen LogP contribution in [-0.2, 0) is 9.59 Å². The number of nitrogens with zero attached hydrogens (tertiary/aromatic N) is 1. The van der Waals surface area contributed by atoms with E-state index in [1.54, 1.807) is 18.7 Å². The second-order valence-corrected chi connectivity index (χ2v) is 6.79. The molecule has 0 spiro atoms. The van der Waals surface area contributed by atoms with Gasteiger partial charge in [-0.05, 0) is 30.6 Å². The summed E-state index contributed by atoms with van der Waals surface area (Å²) < 4.78 is 0. The van der Waals surface area contributed by atoms with Crippen LogP contribution in [0.1, 0.15) is 52.9 Å². The third kappa shape index (κ3) is 6.60. The van der Waals surface area contributed by atoms with Crippen LogP contribution in [0.25, 0.3) is 0 Å². The highest BCUT2D eigenvalue weighted by Crippen LogP contribution is 2.24. The molecule has 120 valence electrons. The number of nitrogens with one attached hydrogen (secondary N) is 1. The van der Waals surface area contributed by atoms with Crippen molar-refractivity contribution in [2.24, 2.45) is 11.3 Å². The van der Waals surface area contributed by atoms with E-state index in [-0.39, 0.29) is 18.9 Å². The Morgan fingerprint density at radius 3 is 2.48 bits per heavy atom. The van der Waals surface area contributed by atoms with Gasteiger partial charge in [0.1, 0.15) is 0 Å². The first-order chi connectivity index (χ1) is 9.69. The van der Waals surface area contributed by atoms with Gasteiger partial charge >= 0.3 is 12.0 Å². The number of carboxylic acid groups (broad SMARTS) is 1. The summed E-state index contributed by atoms with van der Waals surface area (Å²) in [5, 5.41) is 11.2. The summed E-state index contributed by atoms with van der Waals surface area (Å²) in [6, 6.07) is -0.361. The molecule has 0 aromatic heterocycles. The SMILES string of the molecule is CC1CCCN(C(=O)NC(=O)CC(C)(C)CC(=O)O)CC1. The van der Waals surface area contributed by atoms with E-state index in [1.807, 2.05) is 0 Å². The largest absolute Gasteiger partial charge is 0.481 e. The molecule has 6 heteroatoms. The highest BCUT2D eigenvalue weighted by molar-refractivity contribution is 5.94. The normalized spacial score (nSPS) is 19.8. The lowest BCUT2D eigenvalue weighted by molar-refractivity contribution is -0.139. The number of hydrogen-bond donors (Lipinski definition) is 2. The molecule has 21 heavy (non-hydrogen) atoms. The molecule has 1 rings (SSSR count). The summed E-state index contributed by atoms with van der Waals surface area (Å²) in [5.74, 6) is -0.753. The molecule has 1 fully saturated rings. The van der Waals surface area contributed by atoms with Gasteiger partial charge in [-0.3, -0.25) is 14.9 Å². The topological polar surface area (TPSA) is 86.7 Å². The summed E-state index contributed by atoms with van der Waals surface area (Å²) in [5.41, 5.74) is -0.663. The number of carboxylic acids is 1. The van der Waals surface area contributed by atoms with Gasteiger partial charge in [0.05, 0.1) is 6.42 Å². The average Bonchev–Trinajstić information content (AvgIpc) is 2.50. The monoisotopic (exact) mass is 298 g/mol. The smallest absolute Gasteiger partial charge is 0.324 e. The zero-order valence-corrected chi connectivity index (χ0v) is 13.1. The predicted octanol–water partition coefficient (Wildman–Crippen LogP) is 2.24. The third-order valence-corrected chi connectivity index (χ3v) is 3.82. The van der Waals surface area contributed by atoms with E-state index in [9.17, 15) is 14.4 Å². The van der Waals surface area contributed by atoms with Gasteiger partial charge in [-0.1, -0.05) is 20.8 Å². The van der Waals surface area contributed by atoms with Crippen LogP contribution in [0.3, 0.4) is 0 Å². The van der Waals surface area contributed by atoms with Gasteiger partial charge in [0, 0.05) is 19.5 Å². The molecule has 1 unspecified atom stereocenters. The molecule has 1 atom stereocenters. The number of likely N-dealkylation sites (tertiary alicyclic amines) is 1. The van der Waals surface area contributed by atoms with E-state index in [4.69, 9.17) is 5.11 Å². The quantitative estimate of drug-likeness (QED) is 0.833. The molecule has 2 N–H and O–H groups in total. The molecule has 6 nitrogen and oxygen atoms in total. The van der Waals surface area contributed by atoms with Gasteiger partial charge < -0.3 is 10.0 Å². The maximum absolute atomic E-state index is 12.1. The fourth-order valence-electron chi connectivity index (χ4n) is 2.62. The second-order valence-electron chi connectivity index (χ2n) is 6.79. The lowest BCUT2D eigenvalue weighted by Gasteiger charge is -2.24. The summed E-state index contributed by atoms with van der Waals surface area (Å²) in [7, 11) is 0. The number of rotatable bonds is 4. The maximum atomic E-state index is 12.1. The van der Waals surface area contributed by atoms with Crippen molar-refractivity contribution in [3.8, 4) is 0 Å². The molecular weight excluding hydrogens is 272 g/mol. The number of amides is 3. The molecular formula is C15H26N2O4. The van der Waals surface area contributed by atoms with Crippen molar-refractivity contribution in [1.82, 2.24) is 10.2 Å². The van der Waals surface area contributed by atoms with Crippen molar-refractivity contribution in [1.29, 1.82) is 0 Å². The number of hydrogen-bond acceptors (Lipinski definition) is 3. The van der Waals surface area contributed by atoms with E-state index in [2.05, 4.69) is 12.2 Å². The lowest BCUT2D eigenvalue weighted by Crippen LogP contribution is -2.44. The predicted molar refractivity (Wildman–Crippen MR) is 78.8 cm³/mol. The Morgan fingerprint density at radius 1 is 1.19 bits per heavy atom. The van der Waals surface area contributed by atoms with Crippen molar-refractivity contribution < 1.29 is 19.5 Å². The zero-order chi connectivity index (χ0) is 16.0. The summed E-state index contributed by atoms with van der Waals surface area (Å²) in [6.45, 7) is 6.92. The highest BCUT2D eigenvalue weighted by Gasteiger charge is 2.27. The average molecular weight is 298 g/mol. The number of imide groups is 1. The van der Waals surface area contributed by atoms with Crippen molar-refractivity contribution in [3.05, 3.63) is 0 Å². The fraction of sp³-hybridized carbons (Fsp3) is 0.800. The Balaban J connectivity index is 2.46. The van der Waals surface area contributed by atoms with Crippen LogP contribution >= 0.6 is 0 Å². The minimum atomic E-state index is -0.944.